The second-order valence-electron chi connectivity index (χ2n) is 7.20. The van der Waals surface area contributed by atoms with Gasteiger partial charge in [0.15, 0.2) is 6.29 Å². The van der Waals surface area contributed by atoms with Crippen LogP contribution in [-0.4, -0.2) is 84.1 Å². The van der Waals surface area contributed by atoms with Crippen molar-refractivity contribution in [3.8, 4) is 0 Å². The lowest BCUT2D eigenvalue weighted by Crippen LogP contribution is -2.67. The standard InChI is InChI=1S/C20H26N2O8/c1-3-26-19(24)21-10-14-17(29-14)15(22(21)20(25)27-4-2)16-13(23)11-28-18(30-16)12-8-6-5-7-9-12/h5-9,13-18,23H,3-4,10-11H2,1-2H3/t13-,14-,15-,16-,17-,18-/m1/s1. The maximum atomic E-state index is 12.8. The van der Waals surface area contributed by atoms with Crippen molar-refractivity contribution in [1.82, 2.24) is 10.0 Å². The Bertz CT molecular complexity index is 762. The SMILES string of the molecule is CCOC(=O)N1C[C@H]2O[C@H]2[C@@H]([C@@H]2O[C@H](c3ccccc3)OC[C@H]2O)N1C(=O)OCC. The minimum Gasteiger partial charge on any atom is -0.448 e. The van der Waals surface area contributed by atoms with Gasteiger partial charge < -0.3 is 28.8 Å². The van der Waals surface area contributed by atoms with Crippen LogP contribution in [0.4, 0.5) is 9.59 Å². The van der Waals surface area contributed by atoms with Gasteiger partial charge in [-0.25, -0.2) is 19.6 Å². The predicted octanol–water partition coefficient (Wildman–Crippen LogP) is 1.44. The Hall–Kier alpha value is -2.40. The van der Waals surface area contributed by atoms with E-state index < -0.39 is 42.8 Å². The Morgan fingerprint density at radius 1 is 1.07 bits per heavy atom. The molecule has 30 heavy (non-hydrogen) atoms. The number of aliphatic hydroxyl groups is 1. The molecular formula is C20H26N2O8. The van der Waals surface area contributed by atoms with Crippen LogP contribution in [0.1, 0.15) is 25.7 Å². The number of hydrogen-bond donors (Lipinski definition) is 1. The first-order valence-electron chi connectivity index (χ1n) is 10.1. The molecule has 6 atom stereocenters. The summed E-state index contributed by atoms with van der Waals surface area (Å²) in [5, 5.41) is 13.0. The molecule has 3 fully saturated rings. The van der Waals surface area contributed by atoms with Gasteiger partial charge in [0.1, 0.15) is 30.5 Å². The van der Waals surface area contributed by atoms with Crippen molar-refractivity contribution >= 4 is 12.2 Å². The van der Waals surface area contributed by atoms with E-state index in [-0.39, 0.29) is 32.5 Å². The van der Waals surface area contributed by atoms with Crippen molar-refractivity contribution in [3.05, 3.63) is 35.9 Å². The second kappa shape index (κ2) is 8.76. The second-order valence-corrected chi connectivity index (χ2v) is 7.20. The first kappa shape index (κ1) is 20.9. The summed E-state index contributed by atoms with van der Waals surface area (Å²) in [4.78, 5) is 25.4. The van der Waals surface area contributed by atoms with Crippen molar-refractivity contribution < 1.29 is 38.4 Å². The zero-order valence-corrected chi connectivity index (χ0v) is 16.9. The van der Waals surface area contributed by atoms with Crippen molar-refractivity contribution in [2.45, 2.75) is 50.6 Å². The molecule has 0 bridgehead atoms. The van der Waals surface area contributed by atoms with Gasteiger partial charge in [0, 0.05) is 5.56 Å². The number of epoxide rings is 1. The van der Waals surface area contributed by atoms with Crippen molar-refractivity contribution in [2.75, 3.05) is 26.4 Å². The quantitative estimate of drug-likeness (QED) is 0.726. The van der Waals surface area contributed by atoms with Crippen LogP contribution in [0, 0.1) is 0 Å². The number of ether oxygens (including phenoxy) is 5. The van der Waals surface area contributed by atoms with Crippen LogP contribution < -0.4 is 0 Å². The lowest BCUT2D eigenvalue weighted by atomic mass is 9.97. The number of aliphatic hydroxyl groups excluding tert-OH is 1. The fraction of sp³-hybridized carbons (Fsp3) is 0.600. The van der Waals surface area contributed by atoms with Gasteiger partial charge in [-0.3, -0.25) is 0 Å². The Kier molecular flexibility index (Phi) is 6.09. The molecule has 0 aromatic heterocycles. The number of rotatable bonds is 4. The number of amides is 2. The summed E-state index contributed by atoms with van der Waals surface area (Å²) in [6.45, 7) is 3.79. The zero-order chi connectivity index (χ0) is 21.3. The molecule has 0 aliphatic carbocycles. The smallest absolute Gasteiger partial charge is 0.429 e. The van der Waals surface area contributed by atoms with Gasteiger partial charge in [0.05, 0.1) is 26.4 Å². The largest absolute Gasteiger partial charge is 0.448 e. The molecular weight excluding hydrogens is 396 g/mol. The number of carbonyl (C=O) groups is 2. The van der Waals surface area contributed by atoms with Gasteiger partial charge in [-0.05, 0) is 13.8 Å². The van der Waals surface area contributed by atoms with E-state index in [2.05, 4.69) is 0 Å². The van der Waals surface area contributed by atoms with E-state index >= 15 is 0 Å². The molecule has 3 aliphatic heterocycles. The maximum Gasteiger partial charge on any atom is 0.429 e. The normalized spacial score (nSPS) is 32.9. The molecule has 0 unspecified atom stereocenters. The summed E-state index contributed by atoms with van der Waals surface area (Å²) in [6, 6.07) is 8.52. The Morgan fingerprint density at radius 3 is 2.47 bits per heavy atom. The van der Waals surface area contributed by atoms with Gasteiger partial charge in [0.2, 0.25) is 0 Å². The van der Waals surface area contributed by atoms with Gasteiger partial charge in [-0.15, -0.1) is 0 Å². The lowest BCUT2D eigenvalue weighted by molar-refractivity contribution is -0.276. The van der Waals surface area contributed by atoms with E-state index in [4.69, 9.17) is 23.7 Å². The molecule has 0 saturated carbocycles. The highest BCUT2D eigenvalue weighted by Crippen LogP contribution is 2.41. The number of fused-ring (bicyclic) bond motifs is 1. The van der Waals surface area contributed by atoms with Crippen molar-refractivity contribution in [1.29, 1.82) is 0 Å². The van der Waals surface area contributed by atoms with E-state index in [0.29, 0.717) is 0 Å². The molecule has 4 rings (SSSR count). The molecule has 1 N–H and O–H groups in total. The van der Waals surface area contributed by atoms with Gasteiger partial charge >= 0.3 is 12.2 Å². The van der Waals surface area contributed by atoms with Crippen molar-refractivity contribution in [3.63, 3.8) is 0 Å². The fourth-order valence-electron chi connectivity index (χ4n) is 3.91. The van der Waals surface area contributed by atoms with E-state index in [0.717, 1.165) is 10.6 Å². The summed E-state index contributed by atoms with van der Waals surface area (Å²) in [7, 11) is 0. The first-order chi connectivity index (χ1) is 14.5. The third kappa shape index (κ3) is 3.95. The number of hydrazine groups is 1. The monoisotopic (exact) mass is 422 g/mol. The van der Waals surface area contributed by atoms with Gasteiger partial charge in [-0.1, -0.05) is 30.3 Å². The summed E-state index contributed by atoms with van der Waals surface area (Å²) >= 11 is 0. The number of carbonyl (C=O) groups excluding carboxylic acids is 2. The highest BCUT2D eigenvalue weighted by Gasteiger charge is 2.62. The lowest BCUT2D eigenvalue weighted by Gasteiger charge is -2.46. The zero-order valence-electron chi connectivity index (χ0n) is 16.9. The minimum atomic E-state index is -1.03. The molecule has 1 aromatic rings. The highest BCUT2D eigenvalue weighted by molar-refractivity contribution is 5.75. The van der Waals surface area contributed by atoms with Crippen LogP contribution >= 0.6 is 0 Å². The van der Waals surface area contributed by atoms with E-state index in [9.17, 15) is 14.7 Å². The van der Waals surface area contributed by atoms with Crippen LogP contribution in [0.15, 0.2) is 30.3 Å². The maximum absolute atomic E-state index is 12.8. The van der Waals surface area contributed by atoms with Gasteiger partial charge in [-0.2, -0.15) is 0 Å². The molecule has 3 saturated heterocycles. The third-order valence-electron chi connectivity index (χ3n) is 5.27. The number of benzene rings is 1. The predicted molar refractivity (Wildman–Crippen MR) is 101 cm³/mol. The molecule has 2 amide bonds. The number of nitrogens with zero attached hydrogens (tertiary/aromatic N) is 2. The van der Waals surface area contributed by atoms with Crippen LogP contribution in [0.2, 0.25) is 0 Å². The van der Waals surface area contributed by atoms with Crippen LogP contribution in [0.3, 0.4) is 0 Å². The molecule has 10 nitrogen and oxygen atoms in total. The average molecular weight is 422 g/mol. The summed E-state index contributed by atoms with van der Waals surface area (Å²) in [5.41, 5.74) is 0.781. The molecule has 1 aromatic carbocycles. The molecule has 3 aliphatic rings. The minimum absolute atomic E-state index is 0.00812. The highest BCUT2D eigenvalue weighted by atomic mass is 16.7. The van der Waals surface area contributed by atoms with Crippen LogP contribution in [0.25, 0.3) is 0 Å². The van der Waals surface area contributed by atoms with Crippen molar-refractivity contribution in [2.24, 2.45) is 0 Å². The molecule has 3 heterocycles. The van der Waals surface area contributed by atoms with E-state index in [1.807, 2.05) is 30.3 Å². The number of hydrogen-bond acceptors (Lipinski definition) is 8. The van der Waals surface area contributed by atoms with E-state index in [1.165, 1.54) is 5.01 Å². The van der Waals surface area contributed by atoms with Crippen LogP contribution in [0.5, 0.6) is 0 Å². The molecule has 164 valence electrons. The average Bonchev–Trinajstić information content (AvgIpc) is 3.53. The van der Waals surface area contributed by atoms with E-state index in [1.54, 1.807) is 13.8 Å². The summed E-state index contributed by atoms with van der Waals surface area (Å²) in [6.07, 6.45) is -4.71. The Labute approximate surface area is 174 Å². The first-order valence-corrected chi connectivity index (χ1v) is 10.1. The van der Waals surface area contributed by atoms with Gasteiger partial charge in [0.25, 0.3) is 0 Å². The third-order valence-corrected chi connectivity index (χ3v) is 5.27. The Balaban J connectivity index is 1.63. The molecule has 0 radical (unpaired) electrons. The van der Waals surface area contributed by atoms with Crippen LogP contribution in [-0.2, 0) is 23.7 Å². The molecule has 0 spiro atoms. The summed E-state index contributed by atoms with van der Waals surface area (Å²) in [5.74, 6) is 0. The Morgan fingerprint density at radius 2 is 1.77 bits per heavy atom. The summed E-state index contributed by atoms with van der Waals surface area (Å²) < 4.78 is 27.8. The topological polar surface area (TPSA) is 110 Å². The fourth-order valence-corrected chi connectivity index (χ4v) is 3.91. The molecule has 10 heteroatoms.